The van der Waals surface area contributed by atoms with Crippen molar-refractivity contribution >= 4 is 0 Å². The van der Waals surface area contributed by atoms with Gasteiger partial charge in [0.1, 0.15) is 11.5 Å². The zero-order valence-electron chi connectivity index (χ0n) is 9.67. The first kappa shape index (κ1) is 11.9. The SMILES string of the molecule is COc1ccc(CCCN)c(OC)c1C. The standard InChI is InChI=1S/C12H19NO2/c1-9-11(14-2)7-6-10(5-4-8-13)12(9)15-3/h6-7H,4-5,8,13H2,1-3H3. The van der Waals surface area contributed by atoms with Gasteiger partial charge in [0.15, 0.2) is 0 Å². The smallest absolute Gasteiger partial charge is 0.128 e. The molecule has 0 unspecified atom stereocenters. The molecule has 0 saturated heterocycles. The van der Waals surface area contributed by atoms with Gasteiger partial charge in [-0.1, -0.05) is 6.07 Å². The highest BCUT2D eigenvalue weighted by Gasteiger charge is 2.10. The van der Waals surface area contributed by atoms with Gasteiger partial charge in [0.25, 0.3) is 0 Å². The second-order valence-corrected chi connectivity index (χ2v) is 3.48. The van der Waals surface area contributed by atoms with Crippen molar-refractivity contribution in [2.24, 2.45) is 5.73 Å². The number of hydrogen-bond acceptors (Lipinski definition) is 3. The van der Waals surface area contributed by atoms with Gasteiger partial charge in [-0.25, -0.2) is 0 Å². The molecule has 0 spiro atoms. The first-order valence-electron chi connectivity index (χ1n) is 5.15. The molecule has 1 rings (SSSR count). The minimum Gasteiger partial charge on any atom is -0.496 e. The Morgan fingerprint density at radius 3 is 2.47 bits per heavy atom. The Labute approximate surface area is 91.2 Å². The summed E-state index contributed by atoms with van der Waals surface area (Å²) in [5.41, 5.74) is 7.74. The lowest BCUT2D eigenvalue weighted by atomic mass is 10.0. The highest BCUT2D eigenvalue weighted by Crippen LogP contribution is 2.31. The summed E-state index contributed by atoms with van der Waals surface area (Å²) >= 11 is 0. The number of benzene rings is 1. The Balaban J connectivity index is 3.01. The summed E-state index contributed by atoms with van der Waals surface area (Å²) in [4.78, 5) is 0. The molecule has 1 aromatic carbocycles. The van der Waals surface area contributed by atoms with Crippen molar-refractivity contribution < 1.29 is 9.47 Å². The zero-order valence-corrected chi connectivity index (χ0v) is 9.67. The van der Waals surface area contributed by atoms with Gasteiger partial charge in [0, 0.05) is 5.56 Å². The molecular formula is C12H19NO2. The molecule has 0 heterocycles. The molecule has 15 heavy (non-hydrogen) atoms. The lowest BCUT2D eigenvalue weighted by molar-refractivity contribution is 0.385. The third kappa shape index (κ3) is 2.63. The molecule has 0 aliphatic heterocycles. The van der Waals surface area contributed by atoms with E-state index in [0.29, 0.717) is 6.54 Å². The minimum atomic E-state index is 0.703. The second-order valence-electron chi connectivity index (χ2n) is 3.48. The normalized spacial score (nSPS) is 10.1. The van der Waals surface area contributed by atoms with Crippen molar-refractivity contribution in [1.82, 2.24) is 0 Å². The van der Waals surface area contributed by atoms with Crippen molar-refractivity contribution in [3.05, 3.63) is 23.3 Å². The van der Waals surface area contributed by atoms with Gasteiger partial charge in [-0.05, 0) is 37.9 Å². The number of ether oxygens (including phenoxy) is 2. The van der Waals surface area contributed by atoms with Crippen LogP contribution in [0.15, 0.2) is 12.1 Å². The van der Waals surface area contributed by atoms with Crippen molar-refractivity contribution in [3.8, 4) is 11.5 Å². The van der Waals surface area contributed by atoms with Crippen LogP contribution in [0.1, 0.15) is 17.5 Å². The summed E-state index contributed by atoms with van der Waals surface area (Å²) in [6, 6.07) is 4.02. The number of aryl methyl sites for hydroxylation is 1. The molecule has 0 bridgehead atoms. The van der Waals surface area contributed by atoms with Gasteiger partial charge in [-0.3, -0.25) is 0 Å². The van der Waals surface area contributed by atoms with Crippen LogP contribution < -0.4 is 15.2 Å². The van der Waals surface area contributed by atoms with E-state index in [0.717, 1.165) is 29.9 Å². The Morgan fingerprint density at radius 2 is 1.93 bits per heavy atom. The maximum absolute atomic E-state index is 5.50. The average molecular weight is 209 g/mol. The van der Waals surface area contributed by atoms with E-state index in [1.807, 2.05) is 19.1 Å². The van der Waals surface area contributed by atoms with Gasteiger partial charge in [0.05, 0.1) is 14.2 Å². The maximum atomic E-state index is 5.50. The third-order valence-corrected chi connectivity index (χ3v) is 2.51. The first-order chi connectivity index (χ1) is 7.24. The first-order valence-corrected chi connectivity index (χ1v) is 5.15. The molecular weight excluding hydrogens is 190 g/mol. The minimum absolute atomic E-state index is 0.703. The van der Waals surface area contributed by atoms with Gasteiger partial charge < -0.3 is 15.2 Å². The molecule has 0 aliphatic rings. The van der Waals surface area contributed by atoms with Crippen LogP contribution in [0.4, 0.5) is 0 Å². The van der Waals surface area contributed by atoms with E-state index in [1.54, 1.807) is 14.2 Å². The highest BCUT2D eigenvalue weighted by molar-refractivity contribution is 5.49. The molecule has 0 saturated carbocycles. The Morgan fingerprint density at radius 1 is 1.20 bits per heavy atom. The molecule has 0 aromatic heterocycles. The van der Waals surface area contributed by atoms with Crippen LogP contribution in [0, 0.1) is 6.92 Å². The maximum Gasteiger partial charge on any atom is 0.128 e. The van der Waals surface area contributed by atoms with Crippen molar-refractivity contribution in [3.63, 3.8) is 0 Å². The predicted molar refractivity (Wildman–Crippen MR) is 61.7 cm³/mol. The molecule has 84 valence electrons. The van der Waals surface area contributed by atoms with E-state index < -0.39 is 0 Å². The molecule has 1 aromatic rings. The summed E-state index contributed by atoms with van der Waals surface area (Å²) in [5, 5.41) is 0. The van der Waals surface area contributed by atoms with Gasteiger partial charge in [0.2, 0.25) is 0 Å². The summed E-state index contributed by atoms with van der Waals surface area (Å²) in [5.74, 6) is 1.78. The summed E-state index contributed by atoms with van der Waals surface area (Å²) < 4.78 is 10.6. The number of hydrogen-bond donors (Lipinski definition) is 1. The van der Waals surface area contributed by atoms with Crippen molar-refractivity contribution in [2.75, 3.05) is 20.8 Å². The van der Waals surface area contributed by atoms with Crippen molar-refractivity contribution in [1.29, 1.82) is 0 Å². The molecule has 0 aliphatic carbocycles. The molecule has 0 amide bonds. The van der Waals surface area contributed by atoms with E-state index in [9.17, 15) is 0 Å². The van der Waals surface area contributed by atoms with Crippen molar-refractivity contribution in [2.45, 2.75) is 19.8 Å². The second kappa shape index (κ2) is 5.61. The van der Waals surface area contributed by atoms with E-state index in [1.165, 1.54) is 5.56 Å². The number of methoxy groups -OCH3 is 2. The Bertz CT molecular complexity index is 324. The van der Waals surface area contributed by atoms with Crippen LogP contribution in [0.5, 0.6) is 11.5 Å². The molecule has 0 atom stereocenters. The topological polar surface area (TPSA) is 44.5 Å². The Kier molecular flexibility index (Phi) is 4.43. The highest BCUT2D eigenvalue weighted by atomic mass is 16.5. The van der Waals surface area contributed by atoms with E-state index in [2.05, 4.69) is 0 Å². The van der Waals surface area contributed by atoms with Crippen LogP contribution >= 0.6 is 0 Å². The molecule has 3 nitrogen and oxygen atoms in total. The average Bonchev–Trinajstić information content (AvgIpc) is 2.26. The van der Waals surface area contributed by atoms with Gasteiger partial charge >= 0.3 is 0 Å². The van der Waals surface area contributed by atoms with Crippen LogP contribution in [0.3, 0.4) is 0 Å². The monoisotopic (exact) mass is 209 g/mol. The Hall–Kier alpha value is -1.22. The lowest BCUT2D eigenvalue weighted by Crippen LogP contribution is -2.03. The fourth-order valence-corrected chi connectivity index (χ4v) is 1.72. The quantitative estimate of drug-likeness (QED) is 0.805. The molecule has 0 radical (unpaired) electrons. The van der Waals surface area contributed by atoms with Crippen LogP contribution in [-0.4, -0.2) is 20.8 Å². The summed E-state index contributed by atoms with van der Waals surface area (Å²) in [7, 11) is 3.36. The van der Waals surface area contributed by atoms with Gasteiger partial charge in [-0.15, -0.1) is 0 Å². The summed E-state index contributed by atoms with van der Waals surface area (Å²) in [6.45, 7) is 2.71. The van der Waals surface area contributed by atoms with Gasteiger partial charge in [-0.2, -0.15) is 0 Å². The number of nitrogens with two attached hydrogens (primary N) is 1. The fraction of sp³-hybridized carbons (Fsp3) is 0.500. The van der Waals surface area contributed by atoms with Crippen LogP contribution in [-0.2, 0) is 6.42 Å². The largest absolute Gasteiger partial charge is 0.496 e. The number of rotatable bonds is 5. The molecule has 0 fully saturated rings. The lowest BCUT2D eigenvalue weighted by Gasteiger charge is -2.14. The van der Waals surface area contributed by atoms with E-state index >= 15 is 0 Å². The van der Waals surface area contributed by atoms with E-state index in [-0.39, 0.29) is 0 Å². The molecule has 3 heteroatoms. The molecule has 2 N–H and O–H groups in total. The zero-order chi connectivity index (χ0) is 11.3. The van der Waals surface area contributed by atoms with Crippen LogP contribution in [0.2, 0.25) is 0 Å². The van der Waals surface area contributed by atoms with Crippen LogP contribution in [0.25, 0.3) is 0 Å². The summed E-state index contributed by atoms with van der Waals surface area (Å²) in [6.07, 6.45) is 1.92. The van der Waals surface area contributed by atoms with E-state index in [4.69, 9.17) is 15.2 Å². The fourth-order valence-electron chi connectivity index (χ4n) is 1.72. The predicted octanol–water partition coefficient (Wildman–Crippen LogP) is 1.90. The third-order valence-electron chi connectivity index (χ3n) is 2.51.